The minimum atomic E-state index is 0.0306. The normalized spacial score (nSPS) is 17.7. The van der Waals surface area contributed by atoms with Crippen LogP contribution in [0.5, 0.6) is 0 Å². The predicted octanol–water partition coefficient (Wildman–Crippen LogP) is 1.95. The van der Waals surface area contributed by atoms with Crippen molar-refractivity contribution in [1.82, 2.24) is 10.3 Å². The van der Waals surface area contributed by atoms with Gasteiger partial charge < -0.3 is 16.3 Å². The van der Waals surface area contributed by atoms with Crippen molar-refractivity contribution in [3.63, 3.8) is 0 Å². The van der Waals surface area contributed by atoms with E-state index in [-0.39, 0.29) is 5.84 Å². The van der Waals surface area contributed by atoms with Gasteiger partial charge in [-0.05, 0) is 41.7 Å². The van der Waals surface area contributed by atoms with Gasteiger partial charge >= 0.3 is 0 Å². The Morgan fingerprint density at radius 1 is 1.38 bits per heavy atom. The lowest BCUT2D eigenvalue weighted by Gasteiger charge is -2.14. The van der Waals surface area contributed by atoms with Crippen LogP contribution in [0.4, 0.5) is 0 Å². The number of nitrogens with two attached hydrogens (primary N) is 1. The molecule has 2 aromatic rings. The molecule has 1 aliphatic rings. The van der Waals surface area contributed by atoms with Gasteiger partial charge in [-0.25, -0.2) is 0 Å². The van der Waals surface area contributed by atoms with Gasteiger partial charge in [0.1, 0.15) is 5.69 Å². The van der Waals surface area contributed by atoms with Crippen LogP contribution in [0.1, 0.15) is 34.8 Å². The van der Waals surface area contributed by atoms with E-state index < -0.39 is 0 Å². The summed E-state index contributed by atoms with van der Waals surface area (Å²) in [6.45, 7) is 0.729. The monoisotopic (exact) mass is 282 g/mol. The van der Waals surface area contributed by atoms with Crippen LogP contribution in [-0.2, 0) is 13.0 Å². The molecule has 108 valence electrons. The molecule has 0 saturated carbocycles. The topological polar surface area (TPSA) is 83.5 Å². The highest BCUT2D eigenvalue weighted by Gasteiger charge is 2.21. The maximum absolute atomic E-state index is 8.70. The summed E-state index contributed by atoms with van der Waals surface area (Å²) in [5.41, 5.74) is 9.94. The summed E-state index contributed by atoms with van der Waals surface area (Å²) >= 11 is 0. The van der Waals surface area contributed by atoms with Crippen molar-refractivity contribution < 1.29 is 5.21 Å². The van der Waals surface area contributed by atoms with E-state index in [1.807, 2.05) is 12.1 Å². The number of hydrogen-bond donors (Lipinski definition) is 3. The Kier molecular flexibility index (Phi) is 3.83. The van der Waals surface area contributed by atoms with Crippen molar-refractivity contribution in [2.24, 2.45) is 10.9 Å². The molecule has 1 atom stereocenters. The zero-order chi connectivity index (χ0) is 14.7. The van der Waals surface area contributed by atoms with E-state index in [9.17, 15) is 0 Å². The minimum absolute atomic E-state index is 0.0306. The third-order valence-electron chi connectivity index (χ3n) is 3.88. The van der Waals surface area contributed by atoms with Gasteiger partial charge in [0.2, 0.25) is 0 Å². The lowest BCUT2D eigenvalue weighted by atomic mass is 10.1. The van der Waals surface area contributed by atoms with Gasteiger partial charge in [0, 0.05) is 18.8 Å². The molecule has 0 radical (unpaired) electrons. The fourth-order valence-electron chi connectivity index (χ4n) is 2.79. The van der Waals surface area contributed by atoms with E-state index in [0.29, 0.717) is 11.7 Å². The molecule has 3 rings (SSSR count). The van der Waals surface area contributed by atoms with Crippen LogP contribution >= 0.6 is 0 Å². The van der Waals surface area contributed by atoms with Crippen LogP contribution < -0.4 is 11.1 Å². The molecule has 0 amide bonds. The maximum atomic E-state index is 8.70. The van der Waals surface area contributed by atoms with Crippen molar-refractivity contribution in [1.29, 1.82) is 0 Å². The quantitative estimate of drug-likeness (QED) is 0.346. The Bertz CT molecular complexity index is 669. The van der Waals surface area contributed by atoms with Crippen LogP contribution in [0.3, 0.4) is 0 Å². The van der Waals surface area contributed by atoms with E-state index in [2.05, 4.69) is 39.7 Å². The number of hydrogen-bond acceptors (Lipinski definition) is 4. The number of amidine groups is 1. The van der Waals surface area contributed by atoms with E-state index in [0.717, 1.165) is 24.9 Å². The zero-order valence-electron chi connectivity index (χ0n) is 11.7. The summed E-state index contributed by atoms with van der Waals surface area (Å²) in [5.74, 6) is 0.0306. The molecule has 5 heteroatoms. The Morgan fingerprint density at radius 3 is 3.10 bits per heavy atom. The Balaban J connectivity index is 1.69. The number of nitrogens with zero attached hydrogens (tertiary/aromatic N) is 2. The second-order valence-electron chi connectivity index (χ2n) is 5.21. The fraction of sp³-hybridized carbons (Fsp3) is 0.250. The minimum Gasteiger partial charge on any atom is -0.409 e. The molecule has 0 saturated heterocycles. The Labute approximate surface area is 123 Å². The molecule has 5 nitrogen and oxygen atoms in total. The van der Waals surface area contributed by atoms with E-state index in [1.165, 1.54) is 11.1 Å². The molecule has 1 unspecified atom stereocenters. The molecule has 1 aromatic heterocycles. The number of fused-ring (bicyclic) bond motifs is 1. The number of aryl methyl sites for hydroxylation is 1. The van der Waals surface area contributed by atoms with Crippen LogP contribution in [-0.4, -0.2) is 16.0 Å². The predicted molar refractivity (Wildman–Crippen MR) is 81.1 cm³/mol. The van der Waals surface area contributed by atoms with Gasteiger partial charge in [0.25, 0.3) is 0 Å². The van der Waals surface area contributed by atoms with E-state index >= 15 is 0 Å². The molecule has 1 aromatic carbocycles. The summed E-state index contributed by atoms with van der Waals surface area (Å²) in [7, 11) is 0. The van der Waals surface area contributed by atoms with Crippen LogP contribution in [0.15, 0.2) is 47.8 Å². The van der Waals surface area contributed by atoms with Gasteiger partial charge in [-0.2, -0.15) is 0 Å². The highest BCUT2D eigenvalue weighted by atomic mass is 16.4. The number of benzene rings is 1. The third-order valence-corrected chi connectivity index (χ3v) is 3.88. The first-order valence-electron chi connectivity index (χ1n) is 7.02. The first-order valence-corrected chi connectivity index (χ1v) is 7.02. The van der Waals surface area contributed by atoms with Crippen LogP contribution in [0, 0.1) is 0 Å². The van der Waals surface area contributed by atoms with Crippen LogP contribution in [0.25, 0.3) is 0 Å². The second kappa shape index (κ2) is 5.93. The first kappa shape index (κ1) is 13.6. The molecule has 1 aliphatic carbocycles. The van der Waals surface area contributed by atoms with Crippen molar-refractivity contribution in [2.75, 3.05) is 0 Å². The average molecular weight is 282 g/mol. The molecule has 1 heterocycles. The van der Waals surface area contributed by atoms with Gasteiger partial charge in [0.05, 0.1) is 0 Å². The molecule has 0 aliphatic heterocycles. The van der Waals surface area contributed by atoms with Gasteiger partial charge in [-0.15, -0.1) is 0 Å². The van der Waals surface area contributed by atoms with Gasteiger partial charge in [-0.1, -0.05) is 29.4 Å². The third kappa shape index (κ3) is 2.87. The molecule has 0 bridgehead atoms. The SMILES string of the molecule is NC(=NO)c1cc(CNC2CCc3ccccc32)ccn1. The molecule has 21 heavy (non-hydrogen) atoms. The van der Waals surface area contributed by atoms with Crippen molar-refractivity contribution >= 4 is 5.84 Å². The molecule has 0 spiro atoms. The maximum Gasteiger partial charge on any atom is 0.188 e. The highest BCUT2D eigenvalue weighted by Crippen LogP contribution is 2.30. The number of aromatic nitrogens is 1. The first-order chi connectivity index (χ1) is 10.3. The lowest BCUT2D eigenvalue weighted by Crippen LogP contribution is -2.20. The fourth-order valence-corrected chi connectivity index (χ4v) is 2.79. The van der Waals surface area contributed by atoms with Crippen LogP contribution in [0.2, 0.25) is 0 Å². The standard InChI is InChI=1S/C16H18N4O/c17-16(20-21)15-9-11(7-8-18-15)10-19-14-6-5-12-3-1-2-4-13(12)14/h1-4,7-9,14,19,21H,5-6,10H2,(H2,17,20). The number of nitrogens with one attached hydrogen (secondary N) is 1. The summed E-state index contributed by atoms with van der Waals surface area (Å²) in [6.07, 6.45) is 3.92. The molecule has 0 fully saturated rings. The molecular formula is C16H18N4O. The number of oxime groups is 1. The molecule has 4 N–H and O–H groups in total. The lowest BCUT2D eigenvalue weighted by molar-refractivity contribution is 0.318. The second-order valence-corrected chi connectivity index (χ2v) is 5.21. The van der Waals surface area contributed by atoms with E-state index in [1.54, 1.807) is 6.20 Å². The summed E-state index contributed by atoms with van der Waals surface area (Å²) < 4.78 is 0. The van der Waals surface area contributed by atoms with Gasteiger partial charge in [-0.3, -0.25) is 4.98 Å². The van der Waals surface area contributed by atoms with Crippen molar-refractivity contribution in [3.8, 4) is 0 Å². The number of pyridine rings is 1. The Morgan fingerprint density at radius 2 is 2.24 bits per heavy atom. The molecular weight excluding hydrogens is 264 g/mol. The summed E-state index contributed by atoms with van der Waals surface area (Å²) in [6, 6.07) is 12.7. The zero-order valence-corrected chi connectivity index (χ0v) is 11.7. The smallest absolute Gasteiger partial charge is 0.188 e. The van der Waals surface area contributed by atoms with Crippen molar-refractivity contribution in [3.05, 3.63) is 65.0 Å². The summed E-state index contributed by atoms with van der Waals surface area (Å²) in [4.78, 5) is 4.08. The average Bonchev–Trinajstić information content (AvgIpc) is 2.95. The summed E-state index contributed by atoms with van der Waals surface area (Å²) in [5, 5.41) is 15.2. The van der Waals surface area contributed by atoms with Gasteiger partial charge in [0.15, 0.2) is 5.84 Å². The number of rotatable bonds is 4. The Hall–Kier alpha value is -2.40. The van der Waals surface area contributed by atoms with Crippen molar-refractivity contribution in [2.45, 2.75) is 25.4 Å². The largest absolute Gasteiger partial charge is 0.409 e. The van der Waals surface area contributed by atoms with E-state index in [4.69, 9.17) is 10.9 Å². The highest BCUT2D eigenvalue weighted by molar-refractivity contribution is 5.95.